The van der Waals surface area contributed by atoms with Crippen molar-refractivity contribution in [2.75, 3.05) is 12.4 Å². The van der Waals surface area contributed by atoms with Crippen molar-refractivity contribution < 1.29 is 13.9 Å². The molecule has 2 heterocycles. The summed E-state index contributed by atoms with van der Waals surface area (Å²) in [4.78, 5) is 20.9. The Kier molecular flexibility index (Phi) is 5.17. The van der Waals surface area contributed by atoms with Crippen LogP contribution >= 0.6 is 12.2 Å². The van der Waals surface area contributed by atoms with Crippen molar-refractivity contribution in [1.29, 1.82) is 0 Å². The minimum absolute atomic E-state index is 0.175. The van der Waals surface area contributed by atoms with Crippen LogP contribution in [0.2, 0.25) is 0 Å². The van der Waals surface area contributed by atoms with E-state index in [0.717, 1.165) is 5.56 Å². The Bertz CT molecular complexity index is 1170. The fraction of sp³-hybridized carbons (Fsp3) is 0.0476. The van der Waals surface area contributed by atoms with Crippen molar-refractivity contribution in [2.24, 2.45) is 0 Å². The summed E-state index contributed by atoms with van der Waals surface area (Å²) in [7, 11) is 1.54. The number of carbonyl (C=O) groups excluding carboxylic acids is 1. The number of thiocarbonyl (C=S) groups is 1. The van der Waals surface area contributed by atoms with Crippen LogP contribution < -0.4 is 15.4 Å². The van der Waals surface area contributed by atoms with E-state index in [1.54, 1.807) is 43.6 Å². The van der Waals surface area contributed by atoms with Crippen LogP contribution in [0.5, 0.6) is 5.75 Å². The first-order valence-corrected chi connectivity index (χ1v) is 9.11. The lowest BCUT2D eigenvalue weighted by Gasteiger charge is -2.10. The zero-order valence-corrected chi connectivity index (χ0v) is 16.2. The van der Waals surface area contributed by atoms with E-state index >= 15 is 0 Å². The average Bonchev–Trinajstić information content (AvgIpc) is 3.18. The Hall–Kier alpha value is -3.78. The summed E-state index contributed by atoms with van der Waals surface area (Å²) >= 11 is 5.26. The van der Waals surface area contributed by atoms with Crippen molar-refractivity contribution >= 4 is 40.2 Å². The van der Waals surface area contributed by atoms with Gasteiger partial charge in [-0.3, -0.25) is 10.1 Å². The maximum absolute atomic E-state index is 12.4. The smallest absolute Gasteiger partial charge is 0.257 e. The second-order valence-corrected chi connectivity index (χ2v) is 6.47. The third-order valence-electron chi connectivity index (χ3n) is 4.09. The number of pyridine rings is 1. The molecular formula is C21H16N4O3S. The molecule has 0 aliphatic rings. The van der Waals surface area contributed by atoms with Crippen LogP contribution in [0.1, 0.15) is 10.4 Å². The Morgan fingerprint density at radius 1 is 1.10 bits per heavy atom. The van der Waals surface area contributed by atoms with Crippen LogP contribution in [0.4, 0.5) is 5.69 Å². The van der Waals surface area contributed by atoms with Gasteiger partial charge in [-0.25, -0.2) is 4.98 Å². The van der Waals surface area contributed by atoms with E-state index in [0.29, 0.717) is 34.1 Å². The number of aromatic nitrogens is 2. The van der Waals surface area contributed by atoms with Gasteiger partial charge in [-0.2, -0.15) is 4.98 Å². The van der Waals surface area contributed by atoms with Gasteiger partial charge < -0.3 is 14.5 Å². The first-order valence-electron chi connectivity index (χ1n) is 8.71. The van der Waals surface area contributed by atoms with Crippen LogP contribution in [0.25, 0.3) is 22.7 Å². The molecule has 2 aromatic heterocycles. The van der Waals surface area contributed by atoms with Crippen molar-refractivity contribution in [3.05, 3.63) is 72.4 Å². The molecule has 2 N–H and O–H groups in total. The molecule has 0 spiro atoms. The Labute approximate surface area is 171 Å². The highest BCUT2D eigenvalue weighted by atomic mass is 32.1. The molecule has 8 heteroatoms. The van der Waals surface area contributed by atoms with Gasteiger partial charge in [0.1, 0.15) is 5.75 Å². The molecule has 0 radical (unpaired) electrons. The van der Waals surface area contributed by atoms with Crippen LogP contribution in [-0.2, 0) is 0 Å². The third-order valence-corrected chi connectivity index (χ3v) is 4.30. The maximum Gasteiger partial charge on any atom is 0.257 e. The number of carbonyl (C=O) groups is 1. The van der Waals surface area contributed by atoms with E-state index in [1.807, 2.05) is 30.3 Å². The maximum atomic E-state index is 12.4. The highest BCUT2D eigenvalue weighted by molar-refractivity contribution is 7.80. The monoisotopic (exact) mass is 404 g/mol. The van der Waals surface area contributed by atoms with Gasteiger partial charge in [-0.05, 0) is 60.7 Å². The van der Waals surface area contributed by atoms with Crippen LogP contribution in [0, 0.1) is 0 Å². The van der Waals surface area contributed by atoms with Crippen molar-refractivity contribution in [2.45, 2.75) is 0 Å². The molecule has 2 aromatic carbocycles. The number of benzene rings is 2. The zero-order valence-electron chi connectivity index (χ0n) is 15.4. The summed E-state index contributed by atoms with van der Waals surface area (Å²) in [6, 6.07) is 17.8. The SMILES string of the molecule is COc1cccc(C(=O)NC(=S)Nc2cccc(-c3nc4ncccc4o3)c2)c1. The summed E-state index contributed by atoms with van der Waals surface area (Å²) in [5.41, 5.74) is 3.05. The molecule has 7 nitrogen and oxygen atoms in total. The van der Waals surface area contributed by atoms with Crippen LogP contribution in [-0.4, -0.2) is 28.1 Å². The summed E-state index contributed by atoms with van der Waals surface area (Å²) in [6.45, 7) is 0. The molecule has 4 rings (SSSR count). The molecule has 29 heavy (non-hydrogen) atoms. The van der Waals surface area contributed by atoms with E-state index in [9.17, 15) is 4.79 Å². The Morgan fingerprint density at radius 3 is 2.79 bits per heavy atom. The molecule has 0 aliphatic heterocycles. The van der Waals surface area contributed by atoms with E-state index in [2.05, 4.69) is 20.6 Å². The first-order chi connectivity index (χ1) is 14.1. The van der Waals surface area contributed by atoms with Gasteiger partial charge >= 0.3 is 0 Å². The zero-order chi connectivity index (χ0) is 20.2. The lowest BCUT2D eigenvalue weighted by molar-refractivity contribution is 0.0977. The standard InChI is InChI=1S/C21H16N4O3S/c1-27-16-8-3-5-13(12-16)19(26)25-21(29)23-15-7-2-6-14(11-15)20-24-18-17(28-20)9-4-10-22-18/h2-12H,1H3,(H2,23,25,26,29). The quantitative estimate of drug-likeness (QED) is 0.497. The first kappa shape index (κ1) is 18.6. The molecule has 144 valence electrons. The number of oxazole rings is 1. The molecule has 1 amide bonds. The highest BCUT2D eigenvalue weighted by Gasteiger charge is 2.11. The number of fused-ring (bicyclic) bond motifs is 1. The number of nitrogens with zero attached hydrogens (tertiary/aromatic N) is 2. The van der Waals surface area contributed by atoms with Gasteiger partial charge in [0.15, 0.2) is 16.3 Å². The second kappa shape index (κ2) is 8.07. The Balaban J connectivity index is 1.47. The minimum atomic E-state index is -0.331. The highest BCUT2D eigenvalue weighted by Crippen LogP contribution is 2.25. The average molecular weight is 404 g/mol. The fourth-order valence-electron chi connectivity index (χ4n) is 2.72. The van der Waals surface area contributed by atoms with Crippen molar-refractivity contribution in [3.8, 4) is 17.2 Å². The fourth-order valence-corrected chi connectivity index (χ4v) is 2.93. The number of hydrogen-bond acceptors (Lipinski definition) is 6. The van der Waals surface area contributed by atoms with Gasteiger partial charge in [0.2, 0.25) is 5.89 Å². The predicted molar refractivity (Wildman–Crippen MR) is 114 cm³/mol. The molecule has 0 unspecified atom stereocenters. The molecule has 0 bridgehead atoms. The van der Waals surface area contributed by atoms with E-state index in [1.165, 1.54) is 0 Å². The Morgan fingerprint density at radius 2 is 1.97 bits per heavy atom. The molecule has 0 saturated carbocycles. The van der Waals surface area contributed by atoms with Gasteiger partial charge in [0, 0.05) is 23.0 Å². The van der Waals surface area contributed by atoms with Crippen molar-refractivity contribution in [1.82, 2.24) is 15.3 Å². The van der Waals surface area contributed by atoms with Gasteiger partial charge in [0.25, 0.3) is 5.91 Å². The number of rotatable bonds is 4. The summed E-state index contributed by atoms with van der Waals surface area (Å²) in [5.74, 6) is 0.716. The topological polar surface area (TPSA) is 89.3 Å². The molecule has 0 aliphatic carbocycles. The predicted octanol–water partition coefficient (Wildman–Crippen LogP) is 4.03. The number of methoxy groups -OCH3 is 1. The summed E-state index contributed by atoms with van der Waals surface area (Å²) < 4.78 is 10.9. The summed E-state index contributed by atoms with van der Waals surface area (Å²) in [6.07, 6.45) is 1.66. The van der Waals surface area contributed by atoms with E-state index < -0.39 is 0 Å². The minimum Gasteiger partial charge on any atom is -0.497 e. The van der Waals surface area contributed by atoms with Crippen molar-refractivity contribution in [3.63, 3.8) is 0 Å². The summed E-state index contributed by atoms with van der Waals surface area (Å²) in [5, 5.41) is 5.83. The van der Waals surface area contributed by atoms with Gasteiger partial charge in [0.05, 0.1) is 7.11 Å². The lowest BCUT2D eigenvalue weighted by atomic mass is 10.2. The van der Waals surface area contributed by atoms with E-state index in [-0.39, 0.29) is 11.0 Å². The molecule has 0 saturated heterocycles. The normalized spacial score (nSPS) is 10.5. The number of hydrogen-bond donors (Lipinski definition) is 2. The van der Waals surface area contributed by atoms with Crippen LogP contribution in [0.3, 0.4) is 0 Å². The lowest BCUT2D eigenvalue weighted by Crippen LogP contribution is -2.34. The number of ether oxygens (including phenoxy) is 1. The number of nitrogens with one attached hydrogen (secondary N) is 2. The molecular weight excluding hydrogens is 388 g/mol. The van der Waals surface area contributed by atoms with Gasteiger partial charge in [-0.1, -0.05) is 12.1 Å². The van der Waals surface area contributed by atoms with Crippen LogP contribution in [0.15, 0.2) is 71.3 Å². The molecule has 0 atom stereocenters. The molecule has 0 fully saturated rings. The van der Waals surface area contributed by atoms with Gasteiger partial charge in [-0.15, -0.1) is 0 Å². The number of anilines is 1. The molecule has 4 aromatic rings. The van der Waals surface area contributed by atoms with E-state index in [4.69, 9.17) is 21.4 Å². The second-order valence-electron chi connectivity index (χ2n) is 6.07. The third kappa shape index (κ3) is 4.22. The number of amides is 1. The largest absolute Gasteiger partial charge is 0.497 e.